The molecule has 0 radical (unpaired) electrons. The third-order valence-corrected chi connectivity index (χ3v) is 12.0. The fraction of sp³-hybridized carbons (Fsp3) is 0.510. The summed E-state index contributed by atoms with van der Waals surface area (Å²) in [6, 6.07) is 36.1. The van der Waals surface area contributed by atoms with Gasteiger partial charge in [0.25, 0.3) is 0 Å². The second-order valence-corrected chi connectivity index (χ2v) is 16.4. The standard InChI is InChI=1S/C51H70N2O5/c1-4-5-6-7-8-9-10-11-12-13-14-15-22-27-47(55)52-36-40-28-34-45(35-29-40)51-57-46(37-53(3)39(2)49(56)43-25-20-17-21-26-43)48(42-23-18-16-19-24-42)50(58-51)44-32-30-41(38-54)31-33-44/h16-21,23-26,28-35,39,46,48-51,54,56H,4-15,22,27,36-38H2,1-3H3,(H,52,55)/t39-,46+,48+,49-,50-,51?/m0/s1. The molecule has 4 aromatic carbocycles. The first-order valence-electron chi connectivity index (χ1n) is 22.2. The van der Waals surface area contributed by atoms with Crippen LogP contribution in [0.2, 0.25) is 0 Å². The van der Waals surface area contributed by atoms with Crippen molar-refractivity contribution in [1.82, 2.24) is 10.2 Å². The number of aliphatic hydroxyl groups excluding tert-OH is 2. The third kappa shape index (κ3) is 14.2. The van der Waals surface area contributed by atoms with Gasteiger partial charge in [0.15, 0.2) is 6.29 Å². The highest BCUT2D eigenvalue weighted by atomic mass is 16.7. The zero-order valence-electron chi connectivity index (χ0n) is 35.4. The fourth-order valence-corrected chi connectivity index (χ4v) is 8.17. The van der Waals surface area contributed by atoms with Crippen LogP contribution in [0.3, 0.4) is 0 Å². The highest BCUT2D eigenvalue weighted by Crippen LogP contribution is 2.47. The monoisotopic (exact) mass is 791 g/mol. The van der Waals surface area contributed by atoms with E-state index in [1.807, 2.05) is 111 Å². The summed E-state index contributed by atoms with van der Waals surface area (Å²) in [5, 5.41) is 24.3. The minimum Gasteiger partial charge on any atom is -0.392 e. The van der Waals surface area contributed by atoms with Crippen molar-refractivity contribution < 1.29 is 24.5 Å². The van der Waals surface area contributed by atoms with Crippen LogP contribution in [0.25, 0.3) is 0 Å². The molecule has 1 unspecified atom stereocenters. The van der Waals surface area contributed by atoms with Gasteiger partial charge >= 0.3 is 0 Å². The van der Waals surface area contributed by atoms with E-state index in [9.17, 15) is 15.0 Å². The number of carbonyl (C=O) groups is 1. The molecule has 0 spiro atoms. The molecule has 4 aromatic rings. The van der Waals surface area contributed by atoms with Gasteiger partial charge in [-0.25, -0.2) is 0 Å². The van der Waals surface area contributed by atoms with Crippen LogP contribution in [0.5, 0.6) is 0 Å². The van der Waals surface area contributed by atoms with Crippen molar-refractivity contribution in [2.24, 2.45) is 0 Å². The lowest BCUT2D eigenvalue weighted by Gasteiger charge is -2.45. The van der Waals surface area contributed by atoms with Gasteiger partial charge in [0.1, 0.15) is 0 Å². The molecule has 1 heterocycles. The Morgan fingerprint density at radius 2 is 1.21 bits per heavy atom. The second-order valence-electron chi connectivity index (χ2n) is 16.4. The molecule has 0 aromatic heterocycles. The number of nitrogens with one attached hydrogen (secondary N) is 1. The SMILES string of the molecule is CCCCCCCCCCCCCCCC(=O)NCc1ccc(C2O[C@H](CN(C)[C@@H](C)[C@H](O)c3ccccc3)[C@@H](c3ccccc3)[C@H](c3ccc(CO)cc3)O2)cc1. The van der Waals surface area contributed by atoms with Crippen LogP contribution in [0.15, 0.2) is 109 Å². The number of rotatable bonds is 25. The summed E-state index contributed by atoms with van der Waals surface area (Å²) in [5.41, 5.74) is 5.76. The zero-order valence-corrected chi connectivity index (χ0v) is 35.4. The van der Waals surface area contributed by atoms with Gasteiger partial charge in [0.2, 0.25) is 5.91 Å². The van der Waals surface area contributed by atoms with Gasteiger partial charge in [0.05, 0.1) is 24.9 Å². The first-order valence-corrected chi connectivity index (χ1v) is 22.2. The molecule has 0 aliphatic carbocycles. The van der Waals surface area contributed by atoms with Crippen molar-refractivity contribution in [2.75, 3.05) is 13.6 Å². The molecule has 0 bridgehead atoms. The normalized spacial score (nSPS) is 19.2. The van der Waals surface area contributed by atoms with Crippen molar-refractivity contribution in [2.45, 2.75) is 153 Å². The highest BCUT2D eigenvalue weighted by Gasteiger charge is 2.43. The zero-order chi connectivity index (χ0) is 41.0. The van der Waals surface area contributed by atoms with E-state index in [-0.39, 0.29) is 36.7 Å². The number of nitrogens with zero attached hydrogens (tertiary/aromatic N) is 1. The number of aliphatic hydroxyl groups is 2. The van der Waals surface area contributed by atoms with E-state index in [1.54, 1.807) is 0 Å². The lowest BCUT2D eigenvalue weighted by Crippen LogP contribution is -2.46. The average Bonchev–Trinajstić information content (AvgIpc) is 3.27. The summed E-state index contributed by atoms with van der Waals surface area (Å²) in [6.07, 6.45) is 15.4. The Morgan fingerprint density at radius 3 is 1.79 bits per heavy atom. The van der Waals surface area contributed by atoms with Crippen molar-refractivity contribution in [3.8, 4) is 0 Å². The Bertz CT molecular complexity index is 1700. The summed E-state index contributed by atoms with van der Waals surface area (Å²) < 4.78 is 13.9. The van der Waals surface area contributed by atoms with Crippen LogP contribution in [-0.4, -0.2) is 46.8 Å². The van der Waals surface area contributed by atoms with E-state index < -0.39 is 12.4 Å². The first kappa shape index (κ1) is 45.2. The minimum atomic E-state index is -0.666. The maximum atomic E-state index is 12.7. The van der Waals surface area contributed by atoms with Gasteiger partial charge in [-0.3, -0.25) is 9.69 Å². The molecule has 1 aliphatic rings. The molecule has 3 N–H and O–H groups in total. The predicted octanol–water partition coefficient (Wildman–Crippen LogP) is 11.3. The molecular weight excluding hydrogens is 721 g/mol. The van der Waals surface area contributed by atoms with E-state index in [0.29, 0.717) is 19.5 Å². The Kier molecular flexibility index (Phi) is 19.4. The van der Waals surface area contributed by atoms with Crippen LogP contribution >= 0.6 is 0 Å². The predicted molar refractivity (Wildman–Crippen MR) is 235 cm³/mol. The minimum absolute atomic E-state index is 0.0268. The number of unbranched alkanes of at least 4 members (excludes halogenated alkanes) is 12. The second kappa shape index (κ2) is 24.9. The molecular formula is C51H70N2O5. The summed E-state index contributed by atoms with van der Waals surface area (Å²) in [5.74, 6) is -0.0444. The Hall–Kier alpha value is -3.85. The van der Waals surface area contributed by atoms with Gasteiger partial charge in [-0.15, -0.1) is 0 Å². The van der Waals surface area contributed by atoms with Gasteiger partial charge in [-0.2, -0.15) is 0 Å². The molecule has 314 valence electrons. The lowest BCUT2D eigenvalue weighted by molar-refractivity contribution is -0.264. The number of likely N-dealkylation sites (N-methyl/N-ethyl adjacent to an activating group) is 1. The molecule has 7 heteroatoms. The van der Waals surface area contributed by atoms with Gasteiger partial charge in [-0.1, -0.05) is 193 Å². The lowest BCUT2D eigenvalue weighted by atomic mass is 9.83. The van der Waals surface area contributed by atoms with Crippen molar-refractivity contribution >= 4 is 5.91 Å². The van der Waals surface area contributed by atoms with Crippen LogP contribution in [0.4, 0.5) is 0 Å². The number of hydrogen-bond acceptors (Lipinski definition) is 6. The Labute approximate surface area is 349 Å². The summed E-state index contributed by atoms with van der Waals surface area (Å²) in [6.45, 7) is 5.33. The van der Waals surface area contributed by atoms with Crippen molar-refractivity contribution in [3.63, 3.8) is 0 Å². The maximum Gasteiger partial charge on any atom is 0.220 e. The third-order valence-electron chi connectivity index (χ3n) is 12.0. The van der Waals surface area contributed by atoms with E-state index in [1.165, 1.54) is 70.6 Å². The molecule has 7 nitrogen and oxygen atoms in total. The Morgan fingerprint density at radius 1 is 0.672 bits per heavy atom. The number of hydrogen-bond donors (Lipinski definition) is 3. The van der Waals surface area contributed by atoms with Crippen LogP contribution in [0.1, 0.15) is 162 Å². The van der Waals surface area contributed by atoms with Crippen molar-refractivity contribution in [1.29, 1.82) is 0 Å². The number of benzene rings is 4. The quantitative estimate of drug-likeness (QED) is 0.0579. The molecule has 6 atom stereocenters. The molecule has 58 heavy (non-hydrogen) atoms. The van der Waals surface area contributed by atoms with Gasteiger partial charge in [0, 0.05) is 37.0 Å². The average molecular weight is 791 g/mol. The topological polar surface area (TPSA) is 91.3 Å². The Balaban J connectivity index is 1.18. The molecule has 1 saturated heterocycles. The largest absolute Gasteiger partial charge is 0.392 e. The van der Waals surface area contributed by atoms with Crippen LogP contribution in [0, 0.1) is 0 Å². The number of amides is 1. The summed E-state index contributed by atoms with van der Waals surface area (Å²) in [4.78, 5) is 14.9. The smallest absolute Gasteiger partial charge is 0.220 e. The van der Waals surface area contributed by atoms with E-state index in [4.69, 9.17) is 9.47 Å². The van der Waals surface area contributed by atoms with E-state index >= 15 is 0 Å². The first-order chi connectivity index (χ1) is 28.4. The molecule has 1 fully saturated rings. The summed E-state index contributed by atoms with van der Waals surface area (Å²) >= 11 is 0. The number of ether oxygens (including phenoxy) is 2. The summed E-state index contributed by atoms with van der Waals surface area (Å²) in [7, 11) is 2.04. The van der Waals surface area contributed by atoms with Gasteiger partial charge < -0.3 is 25.0 Å². The maximum absolute atomic E-state index is 12.7. The fourth-order valence-electron chi connectivity index (χ4n) is 8.17. The molecule has 5 rings (SSSR count). The highest BCUT2D eigenvalue weighted by molar-refractivity contribution is 5.75. The van der Waals surface area contributed by atoms with Crippen LogP contribution < -0.4 is 5.32 Å². The molecule has 1 aliphatic heterocycles. The van der Waals surface area contributed by atoms with Crippen molar-refractivity contribution in [3.05, 3.63) is 143 Å². The van der Waals surface area contributed by atoms with Crippen LogP contribution in [-0.2, 0) is 27.4 Å². The van der Waals surface area contributed by atoms with Gasteiger partial charge in [-0.05, 0) is 48.2 Å². The molecule has 0 saturated carbocycles. The number of carbonyl (C=O) groups excluding carboxylic acids is 1. The van der Waals surface area contributed by atoms with E-state index in [2.05, 4.69) is 29.3 Å². The van der Waals surface area contributed by atoms with E-state index in [0.717, 1.165) is 46.2 Å². The molecule has 1 amide bonds.